The van der Waals surface area contributed by atoms with Gasteiger partial charge in [-0.3, -0.25) is 4.79 Å². The molecule has 0 unspecified atom stereocenters. The summed E-state index contributed by atoms with van der Waals surface area (Å²) in [5, 5.41) is 0. The van der Waals surface area contributed by atoms with Gasteiger partial charge >= 0.3 is 0 Å². The molecular formula is C19H16FNO2. The van der Waals surface area contributed by atoms with Crippen LogP contribution in [0.3, 0.4) is 0 Å². The van der Waals surface area contributed by atoms with E-state index >= 15 is 0 Å². The highest BCUT2D eigenvalue weighted by Gasteiger charge is 2.04. The number of pyridine rings is 1. The number of nitrogens with zero attached hydrogens (tertiary/aromatic N) is 1. The first kappa shape index (κ1) is 15.0. The van der Waals surface area contributed by atoms with Gasteiger partial charge in [0.05, 0.1) is 6.54 Å². The molecule has 0 aliphatic heterocycles. The fourth-order valence-electron chi connectivity index (χ4n) is 2.26. The van der Waals surface area contributed by atoms with E-state index in [0.29, 0.717) is 17.9 Å². The van der Waals surface area contributed by atoms with Crippen molar-refractivity contribution in [3.8, 4) is 5.75 Å². The fraction of sp³-hybridized carbons (Fsp3) is 0.105. The lowest BCUT2D eigenvalue weighted by Crippen LogP contribution is -2.19. The third kappa shape index (κ3) is 3.86. The summed E-state index contributed by atoms with van der Waals surface area (Å²) in [5.74, 6) is 0.187. The van der Waals surface area contributed by atoms with Gasteiger partial charge in [0.2, 0.25) is 0 Å². The van der Waals surface area contributed by atoms with Crippen molar-refractivity contribution in [2.45, 2.75) is 13.2 Å². The second-order valence-electron chi connectivity index (χ2n) is 5.19. The Morgan fingerprint density at radius 2 is 1.70 bits per heavy atom. The molecule has 1 aromatic heterocycles. The molecule has 4 heteroatoms. The molecule has 0 atom stereocenters. The molecule has 0 amide bonds. The molecule has 0 spiro atoms. The summed E-state index contributed by atoms with van der Waals surface area (Å²) >= 11 is 0. The summed E-state index contributed by atoms with van der Waals surface area (Å²) in [6.07, 6.45) is 1.62. The highest BCUT2D eigenvalue weighted by molar-refractivity contribution is 5.22. The lowest BCUT2D eigenvalue weighted by Gasteiger charge is -2.09. The smallest absolute Gasteiger partial charge is 0.254 e. The number of hydrogen-bond acceptors (Lipinski definition) is 2. The molecule has 0 bridgehead atoms. The summed E-state index contributed by atoms with van der Waals surface area (Å²) in [6.45, 7) is 0.599. The number of rotatable bonds is 5. The van der Waals surface area contributed by atoms with Gasteiger partial charge in [0.1, 0.15) is 18.2 Å². The van der Waals surface area contributed by atoms with Crippen LogP contribution >= 0.6 is 0 Å². The number of aromatic nitrogens is 1. The number of halogens is 1. The van der Waals surface area contributed by atoms with E-state index in [2.05, 4.69) is 0 Å². The van der Waals surface area contributed by atoms with Crippen molar-refractivity contribution in [2.75, 3.05) is 0 Å². The average molecular weight is 309 g/mol. The Balaban J connectivity index is 1.71. The molecule has 0 saturated heterocycles. The van der Waals surface area contributed by atoms with Crippen LogP contribution < -0.4 is 10.3 Å². The molecule has 2 aromatic carbocycles. The quantitative estimate of drug-likeness (QED) is 0.721. The molecule has 3 nitrogen and oxygen atoms in total. The minimum absolute atomic E-state index is 0.199. The van der Waals surface area contributed by atoms with E-state index in [4.69, 9.17) is 4.74 Å². The van der Waals surface area contributed by atoms with Crippen molar-refractivity contribution < 1.29 is 9.13 Å². The molecule has 0 fully saturated rings. The number of hydrogen-bond donors (Lipinski definition) is 0. The van der Waals surface area contributed by atoms with Gasteiger partial charge < -0.3 is 9.30 Å². The molecule has 0 aliphatic carbocycles. The van der Waals surface area contributed by atoms with E-state index in [9.17, 15) is 9.18 Å². The minimum atomic E-state index is -0.316. The van der Waals surface area contributed by atoms with Crippen LogP contribution in [0, 0.1) is 5.82 Å². The molecular weight excluding hydrogens is 293 g/mol. The summed E-state index contributed by atoms with van der Waals surface area (Å²) in [6, 6.07) is 19.3. The Kier molecular flexibility index (Phi) is 4.52. The molecule has 1 heterocycles. The lowest BCUT2D eigenvalue weighted by molar-refractivity contribution is 0.305. The van der Waals surface area contributed by atoms with Crippen LogP contribution in [0.15, 0.2) is 77.7 Å². The summed E-state index contributed by atoms with van der Waals surface area (Å²) < 4.78 is 20.7. The standard InChI is InChI=1S/C19H16FNO2/c20-18-9-5-4-8-16(18)13-21-11-10-17(12-19(21)22)23-14-15-6-2-1-3-7-15/h1-12H,13-14H2. The van der Waals surface area contributed by atoms with Crippen LogP contribution in [0.1, 0.15) is 11.1 Å². The van der Waals surface area contributed by atoms with E-state index in [1.54, 1.807) is 30.5 Å². The third-order valence-corrected chi connectivity index (χ3v) is 3.51. The van der Waals surface area contributed by atoms with E-state index < -0.39 is 0 Å². The van der Waals surface area contributed by atoms with Crippen LogP contribution in [0.25, 0.3) is 0 Å². The van der Waals surface area contributed by atoms with Crippen molar-refractivity contribution >= 4 is 0 Å². The van der Waals surface area contributed by atoms with Crippen molar-refractivity contribution in [1.29, 1.82) is 0 Å². The highest BCUT2D eigenvalue weighted by Crippen LogP contribution is 2.11. The van der Waals surface area contributed by atoms with E-state index in [0.717, 1.165) is 5.56 Å². The van der Waals surface area contributed by atoms with Crippen LogP contribution in [0.4, 0.5) is 4.39 Å². The zero-order valence-electron chi connectivity index (χ0n) is 12.5. The van der Waals surface area contributed by atoms with Crippen molar-refractivity contribution in [3.05, 3.63) is 100 Å². The second-order valence-corrected chi connectivity index (χ2v) is 5.19. The maximum atomic E-state index is 13.7. The summed E-state index contributed by atoms with van der Waals surface area (Å²) in [5.41, 5.74) is 1.29. The van der Waals surface area contributed by atoms with Gasteiger partial charge in [-0.15, -0.1) is 0 Å². The van der Waals surface area contributed by atoms with Crippen molar-refractivity contribution in [3.63, 3.8) is 0 Å². The highest BCUT2D eigenvalue weighted by atomic mass is 19.1. The molecule has 0 radical (unpaired) electrons. The maximum Gasteiger partial charge on any atom is 0.254 e. The van der Waals surface area contributed by atoms with Crippen LogP contribution in [0.2, 0.25) is 0 Å². The Morgan fingerprint density at radius 3 is 2.43 bits per heavy atom. The lowest BCUT2D eigenvalue weighted by atomic mass is 10.2. The minimum Gasteiger partial charge on any atom is -0.489 e. The normalized spacial score (nSPS) is 10.5. The van der Waals surface area contributed by atoms with Gasteiger partial charge in [0.15, 0.2) is 0 Å². The van der Waals surface area contributed by atoms with Crippen LogP contribution in [0.5, 0.6) is 5.75 Å². The summed E-state index contributed by atoms with van der Waals surface area (Å²) in [4.78, 5) is 12.1. The first-order chi connectivity index (χ1) is 11.2. The van der Waals surface area contributed by atoms with Gasteiger partial charge in [-0.1, -0.05) is 48.5 Å². The largest absolute Gasteiger partial charge is 0.489 e. The van der Waals surface area contributed by atoms with Crippen LogP contribution in [-0.2, 0) is 13.2 Å². The Bertz CT molecular complexity index is 843. The van der Waals surface area contributed by atoms with E-state index in [1.165, 1.54) is 16.7 Å². The third-order valence-electron chi connectivity index (χ3n) is 3.51. The van der Waals surface area contributed by atoms with Crippen LogP contribution in [-0.4, -0.2) is 4.57 Å². The SMILES string of the molecule is O=c1cc(OCc2ccccc2)ccn1Cc1ccccc1F. The molecule has 0 N–H and O–H groups in total. The Labute approximate surface area is 133 Å². The first-order valence-corrected chi connectivity index (χ1v) is 7.33. The molecule has 0 aliphatic rings. The van der Waals surface area contributed by atoms with E-state index in [1.807, 2.05) is 30.3 Å². The zero-order chi connectivity index (χ0) is 16.1. The van der Waals surface area contributed by atoms with E-state index in [-0.39, 0.29) is 17.9 Å². The molecule has 23 heavy (non-hydrogen) atoms. The first-order valence-electron chi connectivity index (χ1n) is 7.33. The predicted octanol–water partition coefficient (Wildman–Crippen LogP) is 3.61. The molecule has 3 aromatic rings. The molecule has 3 rings (SSSR count). The van der Waals surface area contributed by atoms with Gasteiger partial charge in [-0.25, -0.2) is 4.39 Å². The van der Waals surface area contributed by atoms with Gasteiger partial charge in [-0.05, 0) is 17.7 Å². The summed E-state index contributed by atoms with van der Waals surface area (Å²) in [7, 11) is 0. The molecule has 0 saturated carbocycles. The Hall–Kier alpha value is -2.88. The second kappa shape index (κ2) is 6.92. The average Bonchev–Trinajstić information content (AvgIpc) is 2.58. The van der Waals surface area contributed by atoms with Gasteiger partial charge in [-0.2, -0.15) is 0 Å². The zero-order valence-corrected chi connectivity index (χ0v) is 12.5. The Morgan fingerprint density at radius 1 is 0.957 bits per heavy atom. The number of benzene rings is 2. The predicted molar refractivity (Wildman–Crippen MR) is 87.0 cm³/mol. The fourth-order valence-corrected chi connectivity index (χ4v) is 2.26. The van der Waals surface area contributed by atoms with Crippen molar-refractivity contribution in [2.24, 2.45) is 0 Å². The molecule has 116 valence electrons. The van der Waals surface area contributed by atoms with Gasteiger partial charge in [0.25, 0.3) is 5.56 Å². The van der Waals surface area contributed by atoms with Gasteiger partial charge in [0, 0.05) is 17.8 Å². The maximum absolute atomic E-state index is 13.7. The monoisotopic (exact) mass is 309 g/mol. The van der Waals surface area contributed by atoms with Crippen molar-refractivity contribution in [1.82, 2.24) is 4.57 Å². The topological polar surface area (TPSA) is 31.2 Å². The number of ether oxygens (including phenoxy) is 1.